The molecule has 182 valence electrons. The molecule has 0 aliphatic carbocycles. The van der Waals surface area contributed by atoms with Crippen LogP contribution in [0.4, 0.5) is 0 Å². The van der Waals surface area contributed by atoms with Gasteiger partial charge in [0.25, 0.3) is 11.8 Å². The summed E-state index contributed by atoms with van der Waals surface area (Å²) in [5, 5.41) is 7.52. The number of aryl methyl sites for hydroxylation is 2. The van der Waals surface area contributed by atoms with Gasteiger partial charge in [-0.05, 0) is 82.0 Å². The summed E-state index contributed by atoms with van der Waals surface area (Å²) in [6.07, 6.45) is 6.80. The van der Waals surface area contributed by atoms with Gasteiger partial charge in [0.1, 0.15) is 0 Å². The second-order valence-electron chi connectivity index (χ2n) is 9.59. The van der Waals surface area contributed by atoms with Crippen LogP contribution in [-0.2, 0) is 4.74 Å². The molecule has 2 aliphatic heterocycles. The molecule has 8 nitrogen and oxygen atoms in total. The highest BCUT2D eigenvalue weighted by Gasteiger charge is 2.43. The lowest BCUT2D eigenvalue weighted by molar-refractivity contribution is -0.0712. The normalized spacial score (nSPS) is 19.1. The van der Waals surface area contributed by atoms with Crippen molar-refractivity contribution in [1.29, 1.82) is 0 Å². The Labute approximate surface area is 205 Å². The topological polar surface area (TPSA) is 89.4 Å². The number of likely N-dealkylation sites (tertiary alicyclic amines) is 1. The number of carbonyl (C=O) groups excluding carboxylic acids is 2. The van der Waals surface area contributed by atoms with Crippen molar-refractivity contribution < 1.29 is 14.3 Å². The number of carbonyl (C=O) groups is 2. The lowest BCUT2D eigenvalue weighted by Crippen LogP contribution is -2.47. The molecular formula is C27H31N5O3. The molecule has 2 saturated heterocycles. The van der Waals surface area contributed by atoms with Crippen molar-refractivity contribution in [2.75, 3.05) is 19.6 Å². The van der Waals surface area contributed by atoms with E-state index in [4.69, 9.17) is 4.74 Å². The van der Waals surface area contributed by atoms with Crippen molar-refractivity contribution in [3.05, 3.63) is 77.4 Å². The molecule has 4 heterocycles. The van der Waals surface area contributed by atoms with Gasteiger partial charge < -0.3 is 15.0 Å². The Morgan fingerprint density at radius 3 is 2.40 bits per heavy atom. The zero-order valence-electron chi connectivity index (χ0n) is 20.2. The fraction of sp³-hybridized carbons (Fsp3) is 0.407. The van der Waals surface area contributed by atoms with Crippen molar-refractivity contribution in [2.45, 2.75) is 51.2 Å². The van der Waals surface area contributed by atoms with Gasteiger partial charge in [0.05, 0.1) is 23.1 Å². The maximum atomic E-state index is 12.7. The minimum Gasteiger partial charge on any atom is -0.370 e. The summed E-state index contributed by atoms with van der Waals surface area (Å²) >= 11 is 0. The van der Waals surface area contributed by atoms with E-state index in [0.29, 0.717) is 30.8 Å². The first-order chi connectivity index (χ1) is 16.9. The molecule has 2 fully saturated rings. The maximum Gasteiger partial charge on any atom is 0.253 e. The van der Waals surface area contributed by atoms with Crippen molar-refractivity contribution in [3.8, 4) is 5.69 Å². The molecule has 1 spiro atoms. The van der Waals surface area contributed by atoms with Crippen LogP contribution in [0.1, 0.15) is 57.8 Å². The number of rotatable bonds is 5. The molecule has 3 aromatic rings. The number of hydrogen-bond donors (Lipinski definition) is 1. The van der Waals surface area contributed by atoms with Crippen LogP contribution < -0.4 is 5.32 Å². The number of ether oxygens (including phenoxy) is 1. The fourth-order valence-corrected chi connectivity index (χ4v) is 5.15. The predicted octanol–water partition coefficient (Wildman–Crippen LogP) is 3.47. The largest absolute Gasteiger partial charge is 0.370 e. The number of pyridine rings is 1. The second-order valence-corrected chi connectivity index (χ2v) is 9.59. The minimum absolute atomic E-state index is 0.00429. The molecule has 2 aliphatic rings. The summed E-state index contributed by atoms with van der Waals surface area (Å²) in [4.78, 5) is 31.3. The number of nitrogens with one attached hydrogen (secondary N) is 1. The number of nitrogens with zero attached hydrogens (tertiary/aromatic N) is 4. The Morgan fingerprint density at radius 1 is 1.03 bits per heavy atom. The molecular weight excluding hydrogens is 442 g/mol. The Hall–Kier alpha value is -3.52. The highest BCUT2D eigenvalue weighted by molar-refractivity contribution is 5.94. The lowest BCUT2D eigenvalue weighted by atomic mass is 9.88. The predicted molar refractivity (Wildman–Crippen MR) is 132 cm³/mol. The average Bonchev–Trinajstić information content (AvgIpc) is 3.45. The summed E-state index contributed by atoms with van der Waals surface area (Å²) in [6.45, 7) is 5.83. The van der Waals surface area contributed by atoms with Crippen LogP contribution >= 0.6 is 0 Å². The smallest absolute Gasteiger partial charge is 0.253 e. The van der Waals surface area contributed by atoms with Crippen molar-refractivity contribution in [2.24, 2.45) is 0 Å². The monoisotopic (exact) mass is 473 g/mol. The first-order valence-electron chi connectivity index (χ1n) is 12.2. The minimum atomic E-state index is -0.189. The first-order valence-corrected chi connectivity index (χ1v) is 12.2. The van der Waals surface area contributed by atoms with Crippen LogP contribution in [0.2, 0.25) is 0 Å². The Morgan fingerprint density at radius 2 is 1.74 bits per heavy atom. The highest BCUT2D eigenvalue weighted by Crippen LogP contribution is 2.39. The Bertz CT molecular complexity index is 1200. The SMILES string of the molecule is Cc1cc(C)n(-c2ccc(C(=O)NC[C@H]3CCC4(CCN(C(=O)c5ccncc5)CC4)O3)cc2)n1. The maximum absolute atomic E-state index is 12.7. The number of piperidine rings is 1. The van der Waals surface area contributed by atoms with Gasteiger partial charge in [-0.3, -0.25) is 14.6 Å². The third kappa shape index (κ3) is 4.98. The summed E-state index contributed by atoms with van der Waals surface area (Å²) < 4.78 is 8.30. The van der Waals surface area contributed by atoms with Gasteiger partial charge in [0, 0.05) is 48.8 Å². The Kier molecular flexibility index (Phi) is 6.38. The molecule has 0 radical (unpaired) electrons. The average molecular weight is 474 g/mol. The zero-order chi connectivity index (χ0) is 24.4. The van der Waals surface area contributed by atoms with E-state index < -0.39 is 0 Å². The molecule has 35 heavy (non-hydrogen) atoms. The zero-order valence-corrected chi connectivity index (χ0v) is 20.2. The van der Waals surface area contributed by atoms with E-state index in [9.17, 15) is 9.59 Å². The van der Waals surface area contributed by atoms with E-state index in [-0.39, 0.29) is 23.5 Å². The van der Waals surface area contributed by atoms with Crippen LogP contribution in [0.5, 0.6) is 0 Å². The summed E-state index contributed by atoms with van der Waals surface area (Å²) in [5.41, 5.74) is 4.05. The molecule has 1 aromatic carbocycles. The molecule has 2 aromatic heterocycles. The standard InChI is InChI=1S/C27H31N5O3/c1-19-17-20(2)32(30-19)23-5-3-21(4-6-23)25(33)29-18-24-7-10-27(35-24)11-15-31(16-12-27)26(34)22-8-13-28-14-9-22/h3-6,8-9,13-14,17,24H,7,10-12,15-16,18H2,1-2H3,(H,29,33)/t24-/m1/s1. The number of aromatic nitrogens is 3. The van der Waals surface area contributed by atoms with E-state index in [1.165, 1.54) is 0 Å². The molecule has 8 heteroatoms. The van der Waals surface area contributed by atoms with Crippen LogP contribution in [0.15, 0.2) is 54.9 Å². The Balaban J connectivity index is 1.11. The van der Waals surface area contributed by atoms with Crippen LogP contribution in [-0.4, -0.2) is 62.8 Å². The van der Waals surface area contributed by atoms with Gasteiger partial charge in [0.15, 0.2) is 0 Å². The van der Waals surface area contributed by atoms with Crippen LogP contribution in [0.3, 0.4) is 0 Å². The molecule has 0 bridgehead atoms. The van der Waals surface area contributed by atoms with E-state index in [2.05, 4.69) is 15.4 Å². The molecule has 2 amide bonds. The van der Waals surface area contributed by atoms with Crippen LogP contribution in [0, 0.1) is 13.8 Å². The van der Waals surface area contributed by atoms with E-state index in [1.54, 1.807) is 24.5 Å². The summed E-state index contributed by atoms with van der Waals surface area (Å²) in [6, 6.07) is 13.0. The first kappa shape index (κ1) is 23.2. The molecule has 0 unspecified atom stereocenters. The molecule has 1 N–H and O–H groups in total. The van der Waals surface area contributed by atoms with E-state index in [1.807, 2.05) is 53.8 Å². The third-order valence-corrected chi connectivity index (χ3v) is 7.10. The van der Waals surface area contributed by atoms with Gasteiger partial charge >= 0.3 is 0 Å². The lowest BCUT2D eigenvalue weighted by Gasteiger charge is -2.39. The summed E-state index contributed by atoms with van der Waals surface area (Å²) in [5.74, 6) is -0.0554. The molecule has 5 rings (SSSR count). The van der Waals surface area contributed by atoms with Crippen molar-refractivity contribution in [3.63, 3.8) is 0 Å². The molecule has 1 atom stereocenters. The number of benzene rings is 1. The van der Waals surface area contributed by atoms with Gasteiger partial charge in [-0.15, -0.1) is 0 Å². The van der Waals surface area contributed by atoms with Gasteiger partial charge in [0.2, 0.25) is 0 Å². The van der Waals surface area contributed by atoms with Gasteiger partial charge in [-0.25, -0.2) is 4.68 Å². The molecule has 0 saturated carbocycles. The fourth-order valence-electron chi connectivity index (χ4n) is 5.15. The van der Waals surface area contributed by atoms with Gasteiger partial charge in [-0.1, -0.05) is 0 Å². The van der Waals surface area contributed by atoms with E-state index in [0.717, 1.165) is 42.8 Å². The van der Waals surface area contributed by atoms with Gasteiger partial charge in [-0.2, -0.15) is 5.10 Å². The number of hydrogen-bond acceptors (Lipinski definition) is 5. The van der Waals surface area contributed by atoms with Crippen molar-refractivity contribution >= 4 is 11.8 Å². The quantitative estimate of drug-likeness (QED) is 0.613. The van der Waals surface area contributed by atoms with Crippen molar-refractivity contribution in [1.82, 2.24) is 25.0 Å². The second kappa shape index (κ2) is 9.62. The summed E-state index contributed by atoms with van der Waals surface area (Å²) in [7, 11) is 0. The van der Waals surface area contributed by atoms with E-state index >= 15 is 0 Å². The number of amides is 2. The highest BCUT2D eigenvalue weighted by atomic mass is 16.5. The third-order valence-electron chi connectivity index (χ3n) is 7.10. The van der Waals surface area contributed by atoms with Crippen LogP contribution in [0.25, 0.3) is 5.69 Å².